The van der Waals surface area contributed by atoms with E-state index in [1.54, 1.807) is 11.8 Å². The summed E-state index contributed by atoms with van der Waals surface area (Å²) >= 11 is 1.62. The highest BCUT2D eigenvalue weighted by Gasteiger charge is 2.34. The second-order valence-electron chi connectivity index (χ2n) is 7.36. The molecule has 0 bridgehead atoms. The molecule has 2 unspecified atom stereocenters. The number of rotatable bonds is 2. The molecule has 2 atom stereocenters. The first-order valence-electron chi connectivity index (χ1n) is 9.53. The molecule has 0 spiro atoms. The number of aromatic nitrogens is 2. The van der Waals surface area contributed by atoms with Crippen molar-refractivity contribution in [1.82, 2.24) is 9.78 Å². The molecule has 148 valence electrons. The van der Waals surface area contributed by atoms with Gasteiger partial charge < -0.3 is 14.8 Å². The SMILES string of the molecule is Cc1cccc(-n2nc(C)c3c2NC(=O)C(C)SC3c2ccc3c(c2)OCO3)c1. The van der Waals surface area contributed by atoms with Crippen molar-refractivity contribution in [2.45, 2.75) is 31.3 Å². The van der Waals surface area contributed by atoms with Gasteiger partial charge in [0.15, 0.2) is 11.5 Å². The largest absolute Gasteiger partial charge is 0.454 e. The van der Waals surface area contributed by atoms with Gasteiger partial charge in [-0.15, -0.1) is 11.8 Å². The fraction of sp³-hybridized carbons (Fsp3) is 0.273. The van der Waals surface area contributed by atoms with Gasteiger partial charge in [0.05, 0.1) is 21.9 Å². The van der Waals surface area contributed by atoms with Crippen LogP contribution in [0.15, 0.2) is 42.5 Å². The summed E-state index contributed by atoms with van der Waals surface area (Å²) in [6.07, 6.45) is 0. The average molecular weight is 407 g/mol. The van der Waals surface area contributed by atoms with Gasteiger partial charge in [0.1, 0.15) is 5.82 Å². The van der Waals surface area contributed by atoms with Gasteiger partial charge >= 0.3 is 0 Å². The third-order valence-corrected chi connectivity index (χ3v) is 6.67. The molecule has 1 N–H and O–H groups in total. The van der Waals surface area contributed by atoms with Gasteiger partial charge in [0, 0.05) is 5.56 Å². The lowest BCUT2D eigenvalue weighted by Gasteiger charge is -2.17. The minimum atomic E-state index is -0.205. The zero-order valence-electron chi connectivity index (χ0n) is 16.4. The van der Waals surface area contributed by atoms with Crippen molar-refractivity contribution < 1.29 is 14.3 Å². The quantitative estimate of drug-likeness (QED) is 0.683. The Morgan fingerprint density at radius 1 is 1.14 bits per heavy atom. The van der Waals surface area contributed by atoms with Crippen LogP contribution in [-0.2, 0) is 4.79 Å². The highest BCUT2D eigenvalue weighted by Crippen LogP contribution is 2.48. The lowest BCUT2D eigenvalue weighted by atomic mass is 10.0. The number of ether oxygens (including phenoxy) is 2. The third-order valence-electron chi connectivity index (χ3n) is 5.27. The second kappa shape index (κ2) is 6.84. The number of thioether (sulfide) groups is 1. The van der Waals surface area contributed by atoms with Crippen molar-refractivity contribution >= 4 is 23.5 Å². The summed E-state index contributed by atoms with van der Waals surface area (Å²) in [6, 6.07) is 14.1. The summed E-state index contributed by atoms with van der Waals surface area (Å²) in [5.74, 6) is 2.21. The summed E-state index contributed by atoms with van der Waals surface area (Å²) in [5.41, 5.74) is 5.05. The van der Waals surface area contributed by atoms with Crippen LogP contribution in [0.4, 0.5) is 5.82 Å². The smallest absolute Gasteiger partial charge is 0.238 e. The maximum Gasteiger partial charge on any atom is 0.238 e. The van der Waals surface area contributed by atoms with Gasteiger partial charge in [-0.25, -0.2) is 4.68 Å². The van der Waals surface area contributed by atoms with Gasteiger partial charge in [-0.2, -0.15) is 5.10 Å². The van der Waals surface area contributed by atoms with Crippen LogP contribution in [0, 0.1) is 13.8 Å². The molecule has 0 fully saturated rings. The Hall–Kier alpha value is -2.93. The number of hydrogen-bond donors (Lipinski definition) is 1. The molecular weight excluding hydrogens is 386 g/mol. The summed E-state index contributed by atoms with van der Waals surface area (Å²) in [6.45, 7) is 6.21. The van der Waals surface area contributed by atoms with Crippen molar-refractivity contribution in [1.29, 1.82) is 0 Å². The molecule has 1 aromatic heterocycles. The molecule has 1 amide bonds. The Bertz CT molecular complexity index is 1120. The van der Waals surface area contributed by atoms with Crippen LogP contribution in [0.2, 0.25) is 0 Å². The predicted molar refractivity (Wildman–Crippen MR) is 113 cm³/mol. The average Bonchev–Trinajstić information content (AvgIpc) is 3.26. The van der Waals surface area contributed by atoms with E-state index in [9.17, 15) is 4.79 Å². The molecule has 7 heteroatoms. The third kappa shape index (κ3) is 3.06. The van der Waals surface area contributed by atoms with E-state index in [0.717, 1.165) is 45.4 Å². The van der Waals surface area contributed by atoms with Crippen LogP contribution in [0.3, 0.4) is 0 Å². The molecule has 0 saturated carbocycles. The first-order valence-corrected chi connectivity index (χ1v) is 10.5. The van der Waals surface area contributed by atoms with Gasteiger partial charge in [0.25, 0.3) is 0 Å². The fourth-order valence-electron chi connectivity index (χ4n) is 3.79. The van der Waals surface area contributed by atoms with Crippen LogP contribution in [0.25, 0.3) is 5.69 Å². The standard InChI is InChI=1S/C22H21N3O3S/c1-12-5-4-6-16(9-12)25-21-19(13(2)24-25)20(29-14(3)22(26)23-21)15-7-8-17-18(10-15)28-11-27-17/h4-10,14,20H,11H2,1-3H3,(H,23,26). The summed E-state index contributed by atoms with van der Waals surface area (Å²) in [7, 11) is 0. The number of carbonyl (C=O) groups excluding carboxylic acids is 1. The first kappa shape index (κ1) is 18.1. The van der Waals surface area contributed by atoms with Crippen LogP contribution in [0.5, 0.6) is 11.5 Å². The Labute approximate surface area is 173 Å². The number of benzene rings is 2. The highest BCUT2D eigenvalue weighted by molar-refractivity contribution is 8.01. The zero-order chi connectivity index (χ0) is 20.1. The van der Waals surface area contributed by atoms with E-state index in [1.165, 1.54) is 0 Å². The minimum Gasteiger partial charge on any atom is -0.454 e. The van der Waals surface area contributed by atoms with Crippen molar-refractivity contribution in [3.63, 3.8) is 0 Å². The number of hydrogen-bond acceptors (Lipinski definition) is 5. The molecular formula is C22H21N3O3S. The summed E-state index contributed by atoms with van der Waals surface area (Å²) < 4.78 is 12.9. The van der Waals surface area contributed by atoms with Crippen molar-refractivity contribution in [2.75, 3.05) is 12.1 Å². The van der Waals surface area contributed by atoms with Crippen LogP contribution in [-0.4, -0.2) is 27.7 Å². The number of nitrogens with one attached hydrogen (secondary N) is 1. The molecule has 2 aliphatic heterocycles. The molecule has 3 heterocycles. The lowest BCUT2D eigenvalue weighted by Crippen LogP contribution is -2.22. The number of aryl methyl sites for hydroxylation is 2. The maximum absolute atomic E-state index is 12.8. The molecule has 0 saturated heterocycles. The monoisotopic (exact) mass is 407 g/mol. The second-order valence-corrected chi connectivity index (χ2v) is 8.81. The lowest BCUT2D eigenvalue weighted by molar-refractivity contribution is -0.115. The van der Waals surface area contributed by atoms with E-state index in [4.69, 9.17) is 14.6 Å². The van der Waals surface area contributed by atoms with E-state index in [-0.39, 0.29) is 23.2 Å². The van der Waals surface area contributed by atoms with Gasteiger partial charge in [0.2, 0.25) is 12.7 Å². The van der Waals surface area contributed by atoms with E-state index in [0.29, 0.717) is 0 Å². The number of carbonyl (C=O) groups is 1. The van der Waals surface area contributed by atoms with Crippen molar-refractivity contribution in [3.8, 4) is 17.2 Å². The first-order chi connectivity index (χ1) is 14.0. The molecule has 3 aromatic rings. The Balaban J connectivity index is 1.68. The molecule has 2 aromatic carbocycles. The molecule has 6 nitrogen and oxygen atoms in total. The van der Waals surface area contributed by atoms with E-state index >= 15 is 0 Å². The molecule has 5 rings (SSSR count). The van der Waals surface area contributed by atoms with Crippen molar-refractivity contribution in [3.05, 3.63) is 64.8 Å². The van der Waals surface area contributed by atoms with E-state index < -0.39 is 0 Å². The fourth-order valence-corrected chi connectivity index (χ4v) is 5.11. The number of amides is 1. The Morgan fingerprint density at radius 2 is 1.97 bits per heavy atom. The molecule has 0 radical (unpaired) electrons. The van der Waals surface area contributed by atoms with Gasteiger partial charge in [-0.3, -0.25) is 4.79 Å². The summed E-state index contributed by atoms with van der Waals surface area (Å²) in [4.78, 5) is 12.8. The number of anilines is 1. The van der Waals surface area contributed by atoms with Gasteiger partial charge in [-0.05, 0) is 56.2 Å². The molecule has 2 aliphatic rings. The van der Waals surface area contributed by atoms with E-state index in [2.05, 4.69) is 11.4 Å². The minimum absolute atomic E-state index is 0.0201. The zero-order valence-corrected chi connectivity index (χ0v) is 17.2. The van der Waals surface area contributed by atoms with Gasteiger partial charge in [-0.1, -0.05) is 18.2 Å². The predicted octanol–water partition coefficient (Wildman–Crippen LogP) is 4.38. The highest BCUT2D eigenvalue weighted by atomic mass is 32.2. The Morgan fingerprint density at radius 3 is 2.79 bits per heavy atom. The van der Waals surface area contributed by atoms with Crippen molar-refractivity contribution in [2.24, 2.45) is 0 Å². The normalized spacial score (nSPS) is 20.2. The topological polar surface area (TPSA) is 65.4 Å². The number of fused-ring (bicyclic) bond motifs is 2. The number of nitrogens with zero attached hydrogens (tertiary/aromatic N) is 2. The maximum atomic E-state index is 12.8. The molecule has 0 aliphatic carbocycles. The summed E-state index contributed by atoms with van der Waals surface area (Å²) in [5, 5.41) is 7.65. The van der Waals surface area contributed by atoms with Crippen LogP contribution in [0.1, 0.15) is 34.6 Å². The Kier molecular flexibility index (Phi) is 4.28. The van der Waals surface area contributed by atoms with E-state index in [1.807, 2.05) is 61.9 Å². The van der Waals surface area contributed by atoms with Crippen LogP contribution >= 0.6 is 11.8 Å². The molecule has 29 heavy (non-hydrogen) atoms. The van der Waals surface area contributed by atoms with Crippen LogP contribution < -0.4 is 14.8 Å².